The number of carbonyl (C=O) groups is 1. The minimum absolute atomic E-state index is 0.0615. The van der Waals surface area contributed by atoms with Gasteiger partial charge in [0.05, 0.1) is 11.0 Å². The molecule has 1 fully saturated rings. The van der Waals surface area contributed by atoms with Crippen LogP contribution < -0.4 is 5.32 Å². The van der Waals surface area contributed by atoms with Crippen LogP contribution in [-0.4, -0.2) is 10.7 Å². The summed E-state index contributed by atoms with van der Waals surface area (Å²) in [5.41, 5.74) is 3.08. The van der Waals surface area contributed by atoms with Gasteiger partial charge in [-0.1, -0.05) is 36.2 Å². The molecule has 5 nitrogen and oxygen atoms in total. The van der Waals surface area contributed by atoms with E-state index in [4.69, 9.17) is 0 Å². The van der Waals surface area contributed by atoms with Crippen molar-refractivity contribution < 1.29 is 9.72 Å². The Morgan fingerprint density at radius 2 is 1.92 bits per heavy atom. The molecular weight excluding hydrogens is 316 g/mol. The topological polar surface area (TPSA) is 72.2 Å². The van der Waals surface area contributed by atoms with Gasteiger partial charge < -0.3 is 5.32 Å². The van der Waals surface area contributed by atoms with Gasteiger partial charge in [-0.05, 0) is 37.5 Å². The number of hydrogen-bond acceptors (Lipinski definition) is 4. The molecule has 2 aromatic carbocycles. The zero-order valence-electron chi connectivity index (χ0n) is 14.3. The monoisotopic (exact) mass is 338 g/mol. The average Bonchev–Trinajstić information content (AvgIpc) is 2.61. The highest BCUT2D eigenvalue weighted by Gasteiger charge is 2.31. The number of anilines is 1. The Bertz CT molecular complexity index is 771. The Balaban J connectivity index is 1.90. The third-order valence-corrected chi connectivity index (χ3v) is 4.81. The smallest absolute Gasteiger partial charge is 0.269 e. The van der Waals surface area contributed by atoms with E-state index in [0.29, 0.717) is 12.2 Å². The number of non-ortho nitro benzene ring substituents is 1. The molecule has 1 aliphatic carbocycles. The highest BCUT2D eigenvalue weighted by molar-refractivity contribution is 5.83. The van der Waals surface area contributed by atoms with Gasteiger partial charge in [0.2, 0.25) is 0 Å². The minimum atomic E-state index is -0.410. The van der Waals surface area contributed by atoms with Crippen molar-refractivity contribution in [1.82, 2.24) is 0 Å². The first-order valence-electron chi connectivity index (χ1n) is 8.65. The zero-order chi connectivity index (χ0) is 17.8. The van der Waals surface area contributed by atoms with Gasteiger partial charge in [-0.15, -0.1) is 0 Å². The molecule has 2 atom stereocenters. The molecule has 0 amide bonds. The van der Waals surface area contributed by atoms with Gasteiger partial charge in [0.1, 0.15) is 5.78 Å². The second-order valence-electron chi connectivity index (χ2n) is 6.66. The molecule has 0 unspecified atom stereocenters. The summed E-state index contributed by atoms with van der Waals surface area (Å²) in [6.45, 7) is 2.04. The van der Waals surface area contributed by atoms with Crippen LogP contribution in [0, 0.1) is 23.0 Å². The second-order valence-corrected chi connectivity index (χ2v) is 6.66. The predicted octanol–water partition coefficient (Wildman–Crippen LogP) is 4.82. The lowest BCUT2D eigenvalue weighted by atomic mass is 9.79. The van der Waals surface area contributed by atoms with E-state index in [2.05, 4.69) is 11.4 Å². The Hall–Kier alpha value is -2.69. The molecule has 1 aliphatic rings. The van der Waals surface area contributed by atoms with Crippen LogP contribution >= 0.6 is 0 Å². The first-order valence-corrected chi connectivity index (χ1v) is 8.65. The van der Waals surface area contributed by atoms with Gasteiger partial charge in [0, 0.05) is 30.2 Å². The summed E-state index contributed by atoms with van der Waals surface area (Å²) in [5, 5.41) is 14.3. The van der Waals surface area contributed by atoms with E-state index in [9.17, 15) is 14.9 Å². The molecule has 0 bridgehead atoms. The van der Waals surface area contributed by atoms with E-state index in [-0.39, 0.29) is 17.6 Å². The first-order chi connectivity index (χ1) is 12.0. The van der Waals surface area contributed by atoms with E-state index in [1.165, 1.54) is 12.1 Å². The fourth-order valence-electron chi connectivity index (χ4n) is 3.50. The van der Waals surface area contributed by atoms with Gasteiger partial charge in [0.25, 0.3) is 5.69 Å². The second kappa shape index (κ2) is 7.47. The van der Waals surface area contributed by atoms with E-state index in [1.54, 1.807) is 12.1 Å². The lowest BCUT2D eigenvalue weighted by molar-refractivity contribution is -0.384. The summed E-state index contributed by atoms with van der Waals surface area (Å²) in [6.07, 6.45) is 3.53. The van der Waals surface area contributed by atoms with Crippen LogP contribution in [0.4, 0.5) is 11.4 Å². The number of nitrogens with one attached hydrogen (secondary N) is 1. The van der Waals surface area contributed by atoms with E-state index >= 15 is 0 Å². The van der Waals surface area contributed by atoms with Crippen molar-refractivity contribution in [2.75, 3.05) is 5.32 Å². The van der Waals surface area contributed by atoms with Crippen LogP contribution in [0.3, 0.4) is 0 Å². The van der Waals surface area contributed by atoms with Crippen LogP contribution in [0.1, 0.15) is 42.9 Å². The fraction of sp³-hybridized carbons (Fsp3) is 0.350. The molecule has 1 N–H and O–H groups in total. The molecule has 2 aromatic rings. The van der Waals surface area contributed by atoms with Crippen molar-refractivity contribution >= 4 is 17.2 Å². The molecule has 0 radical (unpaired) electrons. The molecule has 0 saturated heterocycles. The highest BCUT2D eigenvalue weighted by atomic mass is 16.6. The number of nitro groups is 1. The molecule has 25 heavy (non-hydrogen) atoms. The number of benzene rings is 2. The summed E-state index contributed by atoms with van der Waals surface area (Å²) >= 11 is 0. The Morgan fingerprint density at radius 1 is 1.16 bits per heavy atom. The van der Waals surface area contributed by atoms with Crippen molar-refractivity contribution in [3.8, 4) is 0 Å². The summed E-state index contributed by atoms with van der Waals surface area (Å²) in [4.78, 5) is 22.9. The molecule has 0 aliphatic heterocycles. The zero-order valence-corrected chi connectivity index (χ0v) is 14.3. The number of nitrogens with zero attached hydrogens (tertiary/aromatic N) is 1. The van der Waals surface area contributed by atoms with Crippen molar-refractivity contribution in [2.24, 2.45) is 5.92 Å². The summed E-state index contributed by atoms with van der Waals surface area (Å²) in [7, 11) is 0. The third-order valence-electron chi connectivity index (χ3n) is 4.81. The highest BCUT2D eigenvalue weighted by Crippen LogP contribution is 2.35. The summed E-state index contributed by atoms with van der Waals surface area (Å²) in [6, 6.07) is 14.4. The van der Waals surface area contributed by atoms with E-state index in [0.717, 1.165) is 36.1 Å². The van der Waals surface area contributed by atoms with Gasteiger partial charge in [-0.2, -0.15) is 0 Å². The molecule has 5 heteroatoms. The maximum Gasteiger partial charge on any atom is 0.269 e. The number of ketones is 1. The molecule has 0 spiro atoms. The van der Waals surface area contributed by atoms with Crippen LogP contribution in [-0.2, 0) is 4.79 Å². The largest absolute Gasteiger partial charge is 0.377 e. The average molecular weight is 338 g/mol. The first kappa shape index (κ1) is 17.1. The van der Waals surface area contributed by atoms with Crippen molar-refractivity contribution in [1.29, 1.82) is 0 Å². The number of nitro benzene ring substituents is 1. The van der Waals surface area contributed by atoms with Crippen LogP contribution in [0.25, 0.3) is 0 Å². The Morgan fingerprint density at radius 3 is 2.56 bits per heavy atom. The lowest BCUT2D eigenvalue weighted by Gasteiger charge is -2.31. The normalized spacial score (nSPS) is 18.6. The number of rotatable bonds is 5. The number of aryl methyl sites for hydroxylation is 1. The number of hydrogen-bond donors (Lipinski definition) is 1. The SMILES string of the molecule is Cc1cccc([C@@H](Nc2ccc([N+](=O)[O-])cc2)[C@@H]2CCCCC2=O)c1. The Labute approximate surface area is 147 Å². The van der Waals surface area contributed by atoms with Gasteiger partial charge in [-0.25, -0.2) is 0 Å². The molecule has 0 heterocycles. The molecule has 1 saturated carbocycles. The van der Waals surface area contributed by atoms with Crippen LogP contribution in [0.5, 0.6) is 0 Å². The summed E-state index contributed by atoms with van der Waals surface area (Å²) < 4.78 is 0. The molecule has 130 valence electrons. The van der Waals surface area contributed by atoms with Gasteiger partial charge >= 0.3 is 0 Å². The van der Waals surface area contributed by atoms with Crippen molar-refractivity contribution in [2.45, 2.75) is 38.6 Å². The number of Topliss-reactive ketones (excluding diaryl/α,β-unsaturated/α-hetero) is 1. The Kier molecular flexibility index (Phi) is 5.12. The maximum absolute atomic E-state index is 12.5. The van der Waals surface area contributed by atoms with Crippen molar-refractivity contribution in [3.63, 3.8) is 0 Å². The van der Waals surface area contributed by atoms with Crippen LogP contribution in [0.2, 0.25) is 0 Å². The van der Waals surface area contributed by atoms with E-state index < -0.39 is 4.92 Å². The van der Waals surface area contributed by atoms with Gasteiger partial charge in [0.15, 0.2) is 0 Å². The number of carbonyl (C=O) groups excluding carboxylic acids is 1. The predicted molar refractivity (Wildman–Crippen MR) is 97.6 cm³/mol. The maximum atomic E-state index is 12.5. The van der Waals surface area contributed by atoms with Crippen LogP contribution in [0.15, 0.2) is 48.5 Å². The molecule has 0 aromatic heterocycles. The summed E-state index contributed by atoms with van der Waals surface area (Å²) in [5.74, 6) is 0.234. The molecular formula is C20H22N2O3. The fourth-order valence-corrected chi connectivity index (χ4v) is 3.50. The van der Waals surface area contributed by atoms with E-state index in [1.807, 2.05) is 25.1 Å². The van der Waals surface area contributed by atoms with Gasteiger partial charge in [-0.3, -0.25) is 14.9 Å². The third kappa shape index (κ3) is 4.05. The standard InChI is InChI=1S/C20H22N2O3/c1-14-5-4-6-15(13-14)20(18-7-2-3-8-19(18)23)21-16-9-11-17(12-10-16)22(24)25/h4-6,9-13,18,20-21H,2-3,7-8H2,1H3/t18-,20-/m1/s1. The van der Waals surface area contributed by atoms with Crippen molar-refractivity contribution in [3.05, 3.63) is 69.8 Å². The molecule has 3 rings (SSSR count). The quantitative estimate of drug-likeness (QED) is 0.627. The lowest BCUT2D eigenvalue weighted by Crippen LogP contribution is -2.30. The minimum Gasteiger partial charge on any atom is -0.377 e.